The van der Waals surface area contributed by atoms with Gasteiger partial charge in [-0.15, -0.1) is 0 Å². The molecule has 0 aromatic carbocycles. The summed E-state index contributed by atoms with van der Waals surface area (Å²) in [6, 6.07) is 0. The molecule has 0 N–H and O–H groups in total. The van der Waals surface area contributed by atoms with Crippen LogP contribution in [0.4, 0.5) is 0 Å². The average Bonchev–Trinajstić information content (AvgIpc) is 2.24. The van der Waals surface area contributed by atoms with Crippen molar-refractivity contribution in [3.63, 3.8) is 0 Å². The number of aryl methyl sites for hydroxylation is 1. The van der Waals surface area contributed by atoms with Crippen molar-refractivity contribution in [3.8, 4) is 0 Å². The molecule has 1 rings (SSSR count). The summed E-state index contributed by atoms with van der Waals surface area (Å²) in [6.45, 7) is 4.81. The number of nitrogens with zero attached hydrogens (tertiary/aromatic N) is 2. The van der Waals surface area contributed by atoms with E-state index in [1.54, 1.807) is 10.8 Å². The quantitative estimate of drug-likeness (QED) is 0.764. The Morgan fingerprint density at radius 2 is 2.19 bits per heavy atom. The van der Waals surface area contributed by atoms with Crippen molar-refractivity contribution in [3.05, 3.63) is 26.8 Å². The molecular formula is C11H16Br2N2O. The van der Waals surface area contributed by atoms with Crippen molar-refractivity contribution >= 4 is 31.9 Å². The number of alkyl halides is 1. The van der Waals surface area contributed by atoms with Crippen LogP contribution in [0.3, 0.4) is 0 Å². The van der Waals surface area contributed by atoms with Gasteiger partial charge in [0.2, 0.25) is 0 Å². The van der Waals surface area contributed by atoms with Gasteiger partial charge < -0.3 is 0 Å². The molecule has 3 nitrogen and oxygen atoms in total. The van der Waals surface area contributed by atoms with Crippen LogP contribution in [0.5, 0.6) is 0 Å². The Labute approximate surface area is 113 Å². The Balaban J connectivity index is 2.74. The monoisotopic (exact) mass is 350 g/mol. The fourth-order valence-electron chi connectivity index (χ4n) is 1.49. The molecule has 1 aromatic rings. The van der Waals surface area contributed by atoms with Crippen molar-refractivity contribution in [1.82, 2.24) is 9.55 Å². The maximum atomic E-state index is 11.8. The number of hydrogen-bond acceptors (Lipinski definition) is 2. The molecule has 16 heavy (non-hydrogen) atoms. The summed E-state index contributed by atoms with van der Waals surface area (Å²) in [5.74, 6) is 1.39. The molecule has 0 fully saturated rings. The van der Waals surface area contributed by atoms with Gasteiger partial charge in [-0.1, -0.05) is 22.9 Å². The third-order valence-corrected chi connectivity index (χ3v) is 3.65. The zero-order chi connectivity index (χ0) is 12.1. The molecule has 1 unspecified atom stereocenters. The fraction of sp³-hybridized carbons (Fsp3) is 0.636. The van der Waals surface area contributed by atoms with Crippen LogP contribution in [0.1, 0.15) is 25.6 Å². The molecule has 0 aliphatic heterocycles. The van der Waals surface area contributed by atoms with Gasteiger partial charge in [0.1, 0.15) is 10.3 Å². The van der Waals surface area contributed by atoms with E-state index in [2.05, 4.69) is 43.8 Å². The Morgan fingerprint density at radius 3 is 2.81 bits per heavy atom. The van der Waals surface area contributed by atoms with Gasteiger partial charge >= 0.3 is 0 Å². The molecule has 0 radical (unpaired) electrons. The van der Waals surface area contributed by atoms with E-state index in [4.69, 9.17) is 0 Å². The minimum Gasteiger partial charge on any atom is -0.296 e. The highest BCUT2D eigenvalue weighted by Gasteiger charge is 2.07. The molecule has 1 atom stereocenters. The zero-order valence-corrected chi connectivity index (χ0v) is 12.7. The lowest BCUT2D eigenvalue weighted by atomic mass is 10.1. The standard InChI is InChI=1S/C11H16Br2N2O/c1-8(3-5-12)4-6-15-9(2)14-7-10(13)11(15)16/h7-8H,3-6H2,1-2H3. The molecule has 0 saturated carbocycles. The molecular weight excluding hydrogens is 336 g/mol. The van der Waals surface area contributed by atoms with E-state index in [0.717, 1.165) is 30.5 Å². The van der Waals surface area contributed by atoms with E-state index in [1.165, 1.54) is 0 Å². The first-order chi connectivity index (χ1) is 7.56. The van der Waals surface area contributed by atoms with Crippen LogP contribution in [-0.4, -0.2) is 14.9 Å². The second-order valence-corrected chi connectivity index (χ2v) is 5.63. The highest BCUT2D eigenvalue weighted by Crippen LogP contribution is 2.11. The minimum absolute atomic E-state index is 0.0125. The molecule has 1 heterocycles. The first-order valence-corrected chi connectivity index (χ1v) is 7.25. The highest BCUT2D eigenvalue weighted by atomic mass is 79.9. The van der Waals surface area contributed by atoms with Crippen molar-refractivity contribution in [2.45, 2.75) is 33.2 Å². The van der Waals surface area contributed by atoms with Gasteiger partial charge in [0, 0.05) is 18.1 Å². The van der Waals surface area contributed by atoms with E-state index >= 15 is 0 Å². The predicted molar refractivity (Wildman–Crippen MR) is 73.1 cm³/mol. The van der Waals surface area contributed by atoms with Crippen molar-refractivity contribution in [2.75, 3.05) is 5.33 Å². The van der Waals surface area contributed by atoms with Gasteiger partial charge in [0.25, 0.3) is 5.56 Å². The maximum Gasteiger partial charge on any atom is 0.267 e. The number of halogens is 2. The topological polar surface area (TPSA) is 34.9 Å². The molecule has 0 saturated heterocycles. The normalized spacial score (nSPS) is 12.8. The zero-order valence-electron chi connectivity index (χ0n) is 9.54. The lowest BCUT2D eigenvalue weighted by molar-refractivity contribution is 0.457. The van der Waals surface area contributed by atoms with Crippen LogP contribution in [0.2, 0.25) is 0 Å². The van der Waals surface area contributed by atoms with Gasteiger partial charge in [-0.2, -0.15) is 0 Å². The third kappa shape index (κ3) is 3.70. The predicted octanol–water partition coefficient (Wildman–Crippen LogP) is 3.13. The highest BCUT2D eigenvalue weighted by molar-refractivity contribution is 9.10. The van der Waals surface area contributed by atoms with Crippen molar-refractivity contribution in [1.29, 1.82) is 0 Å². The third-order valence-electron chi connectivity index (χ3n) is 2.65. The first kappa shape index (κ1) is 13.9. The van der Waals surface area contributed by atoms with Gasteiger partial charge in [-0.3, -0.25) is 9.36 Å². The molecule has 0 aliphatic rings. The maximum absolute atomic E-state index is 11.8. The molecule has 1 aromatic heterocycles. The van der Waals surface area contributed by atoms with Crippen LogP contribution in [0.25, 0.3) is 0 Å². The van der Waals surface area contributed by atoms with Crippen LogP contribution in [0, 0.1) is 12.8 Å². The fourth-order valence-corrected chi connectivity index (χ4v) is 2.59. The van der Waals surface area contributed by atoms with E-state index in [0.29, 0.717) is 10.4 Å². The van der Waals surface area contributed by atoms with Crippen LogP contribution < -0.4 is 5.56 Å². The number of aromatic nitrogens is 2. The molecule has 5 heteroatoms. The van der Waals surface area contributed by atoms with Gasteiger partial charge in [-0.25, -0.2) is 4.98 Å². The summed E-state index contributed by atoms with van der Waals surface area (Å²) in [4.78, 5) is 16.0. The van der Waals surface area contributed by atoms with Gasteiger partial charge in [-0.05, 0) is 41.6 Å². The van der Waals surface area contributed by atoms with Gasteiger partial charge in [0.05, 0.1) is 0 Å². The van der Waals surface area contributed by atoms with Crippen molar-refractivity contribution < 1.29 is 0 Å². The summed E-state index contributed by atoms with van der Waals surface area (Å²) in [5.41, 5.74) is 0.0125. The molecule has 90 valence electrons. The number of rotatable bonds is 5. The first-order valence-electron chi connectivity index (χ1n) is 5.34. The Kier molecular flexibility index (Phi) is 5.69. The molecule has 0 spiro atoms. The van der Waals surface area contributed by atoms with Gasteiger partial charge in [0.15, 0.2) is 0 Å². The summed E-state index contributed by atoms with van der Waals surface area (Å²) >= 11 is 6.64. The smallest absolute Gasteiger partial charge is 0.267 e. The molecule has 0 amide bonds. The average molecular weight is 352 g/mol. The van der Waals surface area contributed by atoms with E-state index in [9.17, 15) is 4.79 Å². The Bertz CT molecular complexity index is 403. The minimum atomic E-state index is 0.0125. The van der Waals surface area contributed by atoms with E-state index in [1.807, 2.05) is 6.92 Å². The summed E-state index contributed by atoms with van der Waals surface area (Å²) < 4.78 is 2.26. The number of hydrogen-bond donors (Lipinski definition) is 0. The Hall–Kier alpha value is -0.160. The Morgan fingerprint density at radius 1 is 1.50 bits per heavy atom. The van der Waals surface area contributed by atoms with Crippen molar-refractivity contribution in [2.24, 2.45) is 5.92 Å². The van der Waals surface area contributed by atoms with Crippen LogP contribution in [0.15, 0.2) is 15.5 Å². The van der Waals surface area contributed by atoms with E-state index in [-0.39, 0.29) is 5.56 Å². The largest absolute Gasteiger partial charge is 0.296 e. The van der Waals surface area contributed by atoms with Crippen LogP contribution >= 0.6 is 31.9 Å². The molecule has 0 bridgehead atoms. The van der Waals surface area contributed by atoms with Crippen LogP contribution in [-0.2, 0) is 6.54 Å². The lowest BCUT2D eigenvalue weighted by Crippen LogP contribution is -2.24. The summed E-state index contributed by atoms with van der Waals surface area (Å²) in [7, 11) is 0. The van der Waals surface area contributed by atoms with E-state index < -0.39 is 0 Å². The SMILES string of the molecule is Cc1ncc(Br)c(=O)n1CCC(C)CCBr. The molecule has 0 aliphatic carbocycles. The second-order valence-electron chi connectivity index (χ2n) is 3.98. The summed E-state index contributed by atoms with van der Waals surface area (Å²) in [6.07, 6.45) is 3.70. The lowest BCUT2D eigenvalue weighted by Gasteiger charge is -2.13. The second kappa shape index (κ2) is 6.55. The summed E-state index contributed by atoms with van der Waals surface area (Å²) in [5, 5.41) is 1.01.